The first-order valence-corrected chi connectivity index (χ1v) is 11.8. The molecule has 0 saturated carbocycles. The molecule has 2 aliphatic heterocycles. The summed E-state index contributed by atoms with van der Waals surface area (Å²) in [6.45, 7) is 1.37. The lowest BCUT2D eigenvalue weighted by Crippen LogP contribution is -2.49. The topological polar surface area (TPSA) is 68.6 Å². The summed E-state index contributed by atoms with van der Waals surface area (Å²) in [6.07, 6.45) is 0.905. The molecule has 2 atom stereocenters. The standard InChI is InChI=1S/C24H24N2O4S/c1-30-20-9-7-18(8-10-20)22-11-12-23-19-13-17(15-26(23)24(22)27)14-25(16-19)31(28,29)21-5-3-2-4-6-21/h2-12,17,19H,13-16H2,1H3/t17-,19+/m0/s1. The van der Waals surface area contributed by atoms with Crippen LogP contribution in [0.1, 0.15) is 18.0 Å². The quantitative estimate of drug-likeness (QED) is 0.629. The third-order valence-corrected chi connectivity index (χ3v) is 8.20. The summed E-state index contributed by atoms with van der Waals surface area (Å²) in [5, 5.41) is 0. The van der Waals surface area contributed by atoms with Crippen LogP contribution in [-0.2, 0) is 16.6 Å². The van der Waals surface area contributed by atoms with Crippen LogP contribution in [0, 0.1) is 5.92 Å². The number of aromatic nitrogens is 1. The molecule has 0 aliphatic carbocycles. The molecule has 3 aromatic rings. The van der Waals surface area contributed by atoms with E-state index in [1.807, 2.05) is 47.0 Å². The molecule has 160 valence electrons. The number of piperidine rings is 1. The molecule has 0 amide bonds. The highest BCUT2D eigenvalue weighted by atomic mass is 32.2. The highest BCUT2D eigenvalue weighted by Crippen LogP contribution is 2.37. The summed E-state index contributed by atoms with van der Waals surface area (Å²) in [6, 6.07) is 19.9. The Bertz CT molecular complexity index is 1270. The van der Waals surface area contributed by atoms with E-state index in [4.69, 9.17) is 4.74 Å². The molecule has 1 fully saturated rings. The fraction of sp³-hybridized carbons (Fsp3) is 0.292. The molecule has 5 rings (SSSR count). The Kier molecular flexibility index (Phi) is 4.95. The number of sulfonamides is 1. The number of benzene rings is 2. The van der Waals surface area contributed by atoms with Crippen molar-refractivity contribution in [2.24, 2.45) is 5.92 Å². The van der Waals surface area contributed by atoms with Crippen LogP contribution >= 0.6 is 0 Å². The zero-order valence-corrected chi connectivity index (χ0v) is 18.1. The highest BCUT2D eigenvalue weighted by Gasteiger charge is 2.39. The number of ether oxygens (including phenoxy) is 1. The average molecular weight is 437 g/mol. The molecule has 31 heavy (non-hydrogen) atoms. The average Bonchev–Trinajstić information content (AvgIpc) is 2.80. The van der Waals surface area contributed by atoms with Crippen molar-refractivity contribution in [1.82, 2.24) is 8.87 Å². The van der Waals surface area contributed by atoms with Gasteiger partial charge in [-0.3, -0.25) is 4.79 Å². The molecular formula is C24H24N2O4S. The van der Waals surface area contributed by atoms with E-state index in [-0.39, 0.29) is 17.4 Å². The molecule has 2 bridgehead atoms. The van der Waals surface area contributed by atoms with Gasteiger partial charge in [0.25, 0.3) is 5.56 Å². The summed E-state index contributed by atoms with van der Waals surface area (Å²) < 4.78 is 34.9. The van der Waals surface area contributed by atoms with E-state index in [1.165, 1.54) is 0 Å². The first-order chi connectivity index (χ1) is 15.0. The third-order valence-electron chi connectivity index (χ3n) is 6.35. The van der Waals surface area contributed by atoms with Crippen LogP contribution in [0.15, 0.2) is 76.4 Å². The smallest absolute Gasteiger partial charge is 0.258 e. The second-order valence-electron chi connectivity index (χ2n) is 8.25. The van der Waals surface area contributed by atoms with Crippen LogP contribution in [0.4, 0.5) is 0 Å². The van der Waals surface area contributed by atoms with Crippen LogP contribution in [0.25, 0.3) is 11.1 Å². The van der Waals surface area contributed by atoms with Crippen molar-refractivity contribution in [2.75, 3.05) is 20.2 Å². The van der Waals surface area contributed by atoms with Crippen molar-refractivity contribution < 1.29 is 13.2 Å². The predicted molar refractivity (Wildman–Crippen MR) is 119 cm³/mol. The molecule has 6 nitrogen and oxygen atoms in total. The lowest BCUT2D eigenvalue weighted by atomic mass is 9.84. The van der Waals surface area contributed by atoms with Crippen molar-refractivity contribution in [3.05, 3.63) is 82.8 Å². The molecule has 7 heteroatoms. The molecule has 2 aliphatic rings. The van der Waals surface area contributed by atoms with Gasteiger partial charge in [-0.1, -0.05) is 30.3 Å². The van der Waals surface area contributed by atoms with E-state index in [1.54, 1.807) is 35.7 Å². The third kappa shape index (κ3) is 3.47. The molecule has 3 heterocycles. The molecule has 2 aromatic carbocycles. The van der Waals surface area contributed by atoms with Gasteiger partial charge in [0.05, 0.1) is 12.0 Å². The molecule has 1 saturated heterocycles. The van der Waals surface area contributed by atoms with Gasteiger partial charge in [0.2, 0.25) is 10.0 Å². The monoisotopic (exact) mass is 436 g/mol. The summed E-state index contributed by atoms with van der Waals surface area (Å²) in [5.74, 6) is 0.883. The molecule has 0 spiro atoms. The van der Waals surface area contributed by atoms with Gasteiger partial charge in [0.1, 0.15) is 5.75 Å². The zero-order valence-electron chi connectivity index (χ0n) is 17.3. The van der Waals surface area contributed by atoms with Crippen LogP contribution in [-0.4, -0.2) is 37.5 Å². The molecule has 0 unspecified atom stereocenters. The second kappa shape index (κ2) is 7.66. The van der Waals surface area contributed by atoms with E-state index < -0.39 is 10.0 Å². The number of pyridine rings is 1. The first kappa shape index (κ1) is 20.0. The molecular weight excluding hydrogens is 412 g/mol. The Balaban J connectivity index is 1.48. The highest BCUT2D eigenvalue weighted by molar-refractivity contribution is 7.89. The summed E-state index contributed by atoms with van der Waals surface area (Å²) in [5.41, 5.74) is 2.41. The maximum Gasteiger partial charge on any atom is 0.258 e. The SMILES string of the molecule is COc1ccc(-c2ccc3n(c2=O)C[C@H]2C[C@@H]3CN(S(=O)(=O)c3ccccc3)C2)cc1. The van der Waals surface area contributed by atoms with E-state index in [2.05, 4.69) is 0 Å². The molecule has 0 N–H and O–H groups in total. The van der Waals surface area contributed by atoms with E-state index in [0.717, 1.165) is 23.4 Å². The Morgan fingerprint density at radius 2 is 1.65 bits per heavy atom. The van der Waals surface area contributed by atoms with Crippen molar-refractivity contribution >= 4 is 10.0 Å². The number of fused-ring (bicyclic) bond motifs is 4. The minimum atomic E-state index is -3.54. The normalized spacial score (nSPS) is 20.8. The van der Waals surface area contributed by atoms with Gasteiger partial charge in [-0.15, -0.1) is 0 Å². The van der Waals surface area contributed by atoms with Crippen LogP contribution in [0.3, 0.4) is 0 Å². The van der Waals surface area contributed by atoms with Gasteiger partial charge in [-0.2, -0.15) is 4.31 Å². The largest absolute Gasteiger partial charge is 0.497 e. The van der Waals surface area contributed by atoms with Crippen molar-refractivity contribution in [1.29, 1.82) is 0 Å². The minimum absolute atomic E-state index is 0.0169. The fourth-order valence-corrected chi connectivity index (χ4v) is 6.41. The summed E-state index contributed by atoms with van der Waals surface area (Å²) in [4.78, 5) is 13.6. The number of methoxy groups -OCH3 is 1. The fourth-order valence-electron chi connectivity index (χ4n) is 4.83. The van der Waals surface area contributed by atoms with Crippen molar-refractivity contribution in [3.8, 4) is 16.9 Å². The lowest BCUT2D eigenvalue weighted by molar-refractivity contribution is 0.186. The first-order valence-electron chi connectivity index (χ1n) is 10.4. The van der Waals surface area contributed by atoms with Crippen molar-refractivity contribution in [2.45, 2.75) is 23.8 Å². The Labute approximate surface area is 181 Å². The van der Waals surface area contributed by atoms with Gasteiger partial charge in [0, 0.05) is 36.8 Å². The van der Waals surface area contributed by atoms with Gasteiger partial charge in [-0.05, 0) is 54.3 Å². The van der Waals surface area contributed by atoms with Gasteiger partial charge >= 0.3 is 0 Å². The van der Waals surface area contributed by atoms with E-state index >= 15 is 0 Å². The Hall–Kier alpha value is -2.90. The van der Waals surface area contributed by atoms with Crippen LogP contribution in [0.5, 0.6) is 5.75 Å². The Morgan fingerprint density at radius 3 is 2.35 bits per heavy atom. The summed E-state index contributed by atoms with van der Waals surface area (Å²) >= 11 is 0. The molecule has 0 radical (unpaired) electrons. The van der Waals surface area contributed by atoms with Crippen LogP contribution < -0.4 is 10.3 Å². The van der Waals surface area contributed by atoms with Gasteiger partial charge in [-0.25, -0.2) is 8.42 Å². The number of nitrogens with zero attached hydrogens (tertiary/aromatic N) is 2. The minimum Gasteiger partial charge on any atom is -0.497 e. The lowest BCUT2D eigenvalue weighted by Gasteiger charge is -2.42. The maximum atomic E-state index is 13.3. The number of hydrogen-bond donors (Lipinski definition) is 0. The van der Waals surface area contributed by atoms with E-state index in [0.29, 0.717) is 30.1 Å². The second-order valence-corrected chi connectivity index (χ2v) is 10.2. The number of hydrogen-bond acceptors (Lipinski definition) is 4. The van der Waals surface area contributed by atoms with Gasteiger partial charge in [0.15, 0.2) is 0 Å². The zero-order chi connectivity index (χ0) is 21.6. The van der Waals surface area contributed by atoms with Gasteiger partial charge < -0.3 is 9.30 Å². The number of rotatable bonds is 4. The Morgan fingerprint density at radius 1 is 0.903 bits per heavy atom. The molecule has 1 aromatic heterocycles. The van der Waals surface area contributed by atoms with Crippen LogP contribution in [0.2, 0.25) is 0 Å². The maximum absolute atomic E-state index is 13.3. The van der Waals surface area contributed by atoms with Crippen molar-refractivity contribution in [3.63, 3.8) is 0 Å². The summed E-state index contributed by atoms with van der Waals surface area (Å²) in [7, 11) is -1.93. The predicted octanol–water partition coefficient (Wildman–Crippen LogP) is 3.33. The van der Waals surface area contributed by atoms with E-state index in [9.17, 15) is 13.2 Å².